The Morgan fingerprint density at radius 3 is 2.18 bits per heavy atom. The van der Waals surface area contributed by atoms with Crippen molar-refractivity contribution in [2.45, 2.75) is 122 Å². The molecule has 1 rings (SSSR count). The van der Waals surface area contributed by atoms with Crippen LogP contribution in [0, 0.1) is 0 Å². The van der Waals surface area contributed by atoms with E-state index in [0.29, 0.717) is 29.1 Å². The van der Waals surface area contributed by atoms with E-state index >= 15 is 0 Å². The van der Waals surface area contributed by atoms with E-state index < -0.39 is 26.5 Å². The summed E-state index contributed by atoms with van der Waals surface area (Å²) in [6, 6.07) is 0. The van der Waals surface area contributed by atoms with Crippen molar-refractivity contribution in [3.8, 4) is 0 Å². The van der Waals surface area contributed by atoms with Crippen molar-refractivity contribution in [2.24, 2.45) is 0 Å². The van der Waals surface area contributed by atoms with Crippen LogP contribution in [0.1, 0.15) is 87.0 Å². The first-order valence-corrected chi connectivity index (χ1v) is 13.4. The smallest absolute Gasteiger partial charge is 0.337 e. The van der Waals surface area contributed by atoms with Crippen molar-refractivity contribution in [1.29, 1.82) is 0 Å². The third-order valence-corrected chi connectivity index (χ3v) is 12.4. The number of carbonyl (C=O) groups excluding carboxylic acids is 1. The fourth-order valence-corrected chi connectivity index (χ4v) is 10.5. The quantitative estimate of drug-likeness (QED) is 0.349. The van der Waals surface area contributed by atoms with Gasteiger partial charge in [-0.05, 0) is 62.1 Å². The average Bonchev–Trinajstić information content (AvgIpc) is 2.64. The highest BCUT2D eigenvalue weighted by Gasteiger charge is 2.48. The van der Waals surface area contributed by atoms with Gasteiger partial charge in [0, 0.05) is 6.61 Å². The Bertz CT molecular complexity index is 424. The van der Waals surface area contributed by atoms with E-state index in [1.165, 1.54) is 6.42 Å². The summed E-state index contributed by atoms with van der Waals surface area (Å²) in [5.74, 6) is -0.569. The third kappa shape index (κ3) is 6.82. The number of hydrogen-bond acceptors (Lipinski definition) is 5. The van der Waals surface area contributed by atoms with E-state index in [1.807, 2.05) is 0 Å². The van der Waals surface area contributed by atoms with Crippen LogP contribution in [0.4, 0.5) is 0 Å². The summed E-state index contributed by atoms with van der Waals surface area (Å²) in [7, 11) is -2.21. The SMILES string of the molecule is CCOC(=O)[C@@H](O)[C@@H](CCCC1CCCCO1)O[Si](C(C)C)(C(C)C)C(C)C. The van der Waals surface area contributed by atoms with Gasteiger partial charge in [-0.2, -0.15) is 0 Å². The van der Waals surface area contributed by atoms with Crippen LogP contribution in [0.25, 0.3) is 0 Å². The summed E-state index contributed by atoms with van der Waals surface area (Å²) in [6.45, 7) is 16.2. The maximum absolute atomic E-state index is 12.3. The van der Waals surface area contributed by atoms with Gasteiger partial charge in [0.05, 0.1) is 18.8 Å². The van der Waals surface area contributed by atoms with Crippen LogP contribution < -0.4 is 0 Å². The Balaban J connectivity index is 2.92. The molecule has 1 saturated heterocycles. The number of carbonyl (C=O) groups is 1. The Kier molecular flexibility index (Phi) is 11.3. The monoisotopic (exact) mass is 416 g/mol. The minimum Gasteiger partial charge on any atom is -0.464 e. The van der Waals surface area contributed by atoms with Crippen molar-refractivity contribution >= 4 is 14.3 Å². The molecule has 0 aromatic carbocycles. The van der Waals surface area contributed by atoms with Crippen LogP contribution in [-0.2, 0) is 18.7 Å². The summed E-state index contributed by atoms with van der Waals surface area (Å²) >= 11 is 0. The molecule has 28 heavy (non-hydrogen) atoms. The van der Waals surface area contributed by atoms with Crippen LogP contribution >= 0.6 is 0 Å². The molecule has 0 spiro atoms. The largest absolute Gasteiger partial charge is 0.464 e. The number of esters is 1. The molecule has 6 heteroatoms. The van der Waals surface area contributed by atoms with Gasteiger partial charge in [-0.3, -0.25) is 0 Å². The predicted octanol–water partition coefficient (Wildman–Crippen LogP) is 5.21. The van der Waals surface area contributed by atoms with Crippen LogP contribution in [0.2, 0.25) is 16.6 Å². The minimum atomic E-state index is -2.21. The topological polar surface area (TPSA) is 65.0 Å². The molecular formula is C22H44O5Si. The van der Waals surface area contributed by atoms with Gasteiger partial charge in [0.1, 0.15) is 0 Å². The molecule has 1 unspecified atom stereocenters. The van der Waals surface area contributed by atoms with Crippen LogP contribution in [0.15, 0.2) is 0 Å². The number of hydrogen-bond donors (Lipinski definition) is 1. The summed E-state index contributed by atoms with van der Waals surface area (Å²) in [6.07, 6.45) is 4.53. The van der Waals surface area contributed by atoms with Crippen LogP contribution in [-0.4, -0.2) is 50.9 Å². The number of aliphatic hydroxyl groups excluding tert-OH is 1. The van der Waals surface area contributed by atoms with Crippen molar-refractivity contribution in [3.63, 3.8) is 0 Å². The van der Waals surface area contributed by atoms with E-state index in [9.17, 15) is 9.90 Å². The van der Waals surface area contributed by atoms with Crippen molar-refractivity contribution in [3.05, 3.63) is 0 Å². The Labute approximate surface area is 173 Å². The summed E-state index contributed by atoms with van der Waals surface area (Å²) in [5.41, 5.74) is 1.18. The summed E-state index contributed by atoms with van der Waals surface area (Å²) in [4.78, 5) is 12.3. The lowest BCUT2D eigenvalue weighted by Crippen LogP contribution is -2.53. The first-order valence-electron chi connectivity index (χ1n) is 11.3. The first kappa shape index (κ1) is 25.6. The molecule has 1 fully saturated rings. The maximum Gasteiger partial charge on any atom is 0.337 e. The zero-order valence-corrected chi connectivity index (χ0v) is 20.2. The third-order valence-electron chi connectivity index (χ3n) is 6.23. The fraction of sp³-hybridized carbons (Fsp3) is 0.955. The highest BCUT2D eigenvalue weighted by Crippen LogP contribution is 2.43. The van der Waals surface area contributed by atoms with Gasteiger partial charge in [-0.15, -0.1) is 0 Å². The lowest BCUT2D eigenvalue weighted by atomic mass is 10.0. The molecule has 0 aromatic heterocycles. The molecule has 1 N–H and O–H groups in total. The van der Waals surface area contributed by atoms with Crippen LogP contribution in [0.5, 0.6) is 0 Å². The molecule has 1 aliphatic rings. The van der Waals surface area contributed by atoms with Crippen LogP contribution in [0.3, 0.4) is 0 Å². The maximum atomic E-state index is 12.3. The van der Waals surface area contributed by atoms with Crippen molar-refractivity contribution < 1.29 is 23.8 Å². The predicted molar refractivity (Wildman–Crippen MR) is 116 cm³/mol. The molecular weight excluding hydrogens is 372 g/mol. The van der Waals surface area contributed by atoms with Crippen molar-refractivity contribution in [1.82, 2.24) is 0 Å². The van der Waals surface area contributed by atoms with E-state index in [4.69, 9.17) is 13.9 Å². The molecule has 1 aliphatic heterocycles. The Hall–Kier alpha value is -0.433. The molecule has 1 heterocycles. The molecule has 0 saturated carbocycles. The second-order valence-corrected chi connectivity index (χ2v) is 14.5. The van der Waals surface area contributed by atoms with Gasteiger partial charge < -0.3 is 19.0 Å². The lowest BCUT2D eigenvalue weighted by molar-refractivity contribution is -0.158. The second kappa shape index (κ2) is 12.3. The number of aliphatic hydroxyl groups is 1. The Morgan fingerprint density at radius 1 is 1.11 bits per heavy atom. The molecule has 0 aromatic rings. The number of rotatable bonds is 12. The molecule has 0 aliphatic carbocycles. The van der Waals surface area contributed by atoms with Gasteiger partial charge in [0.15, 0.2) is 6.10 Å². The van der Waals surface area contributed by atoms with Gasteiger partial charge in [0.2, 0.25) is 8.32 Å². The fourth-order valence-electron chi connectivity index (χ4n) is 4.91. The van der Waals surface area contributed by atoms with Gasteiger partial charge in [-0.25, -0.2) is 4.79 Å². The minimum absolute atomic E-state index is 0.264. The van der Waals surface area contributed by atoms with Gasteiger partial charge in [0.25, 0.3) is 0 Å². The zero-order valence-electron chi connectivity index (χ0n) is 19.2. The summed E-state index contributed by atoms with van der Waals surface area (Å²) in [5, 5.41) is 10.7. The highest BCUT2D eigenvalue weighted by atomic mass is 28.4. The zero-order chi connectivity index (χ0) is 21.3. The van der Waals surface area contributed by atoms with Gasteiger partial charge in [-0.1, -0.05) is 41.5 Å². The highest BCUT2D eigenvalue weighted by molar-refractivity contribution is 6.77. The van der Waals surface area contributed by atoms with E-state index in [1.54, 1.807) is 6.92 Å². The molecule has 0 radical (unpaired) electrons. The molecule has 5 nitrogen and oxygen atoms in total. The van der Waals surface area contributed by atoms with Crippen molar-refractivity contribution in [2.75, 3.05) is 13.2 Å². The van der Waals surface area contributed by atoms with E-state index in [-0.39, 0.29) is 6.61 Å². The van der Waals surface area contributed by atoms with E-state index in [2.05, 4.69) is 41.5 Å². The Morgan fingerprint density at radius 2 is 1.71 bits per heavy atom. The summed E-state index contributed by atoms with van der Waals surface area (Å²) < 4.78 is 17.7. The molecule has 3 atom stereocenters. The van der Waals surface area contributed by atoms with E-state index in [0.717, 1.165) is 32.3 Å². The second-order valence-electron chi connectivity index (χ2n) is 9.09. The first-order chi connectivity index (χ1) is 13.2. The van der Waals surface area contributed by atoms with Gasteiger partial charge >= 0.3 is 5.97 Å². The standard InChI is InChI=1S/C22H44O5Si/c1-8-25-22(24)21(23)20(14-11-13-19-12-9-10-15-26-19)27-28(16(2)3,17(4)5)18(6)7/h16-21,23H,8-15H2,1-7H3/t19?,20-,21+/m1/s1. The average molecular weight is 417 g/mol. The molecule has 166 valence electrons. The molecule has 0 bridgehead atoms. The lowest BCUT2D eigenvalue weighted by Gasteiger charge is -2.45. The number of ether oxygens (including phenoxy) is 2. The normalized spacial score (nSPS) is 20.6. The molecule has 0 amide bonds.